The summed E-state index contributed by atoms with van der Waals surface area (Å²) < 4.78 is 1.91. The van der Waals surface area contributed by atoms with Gasteiger partial charge in [-0.25, -0.2) is 4.99 Å². The molecule has 0 unspecified atom stereocenters. The number of hydrogen-bond acceptors (Lipinski definition) is 4. The summed E-state index contributed by atoms with van der Waals surface area (Å²) in [6.45, 7) is 9.16. The molecule has 2 heterocycles. The Labute approximate surface area is 171 Å². The molecule has 0 aliphatic rings. The van der Waals surface area contributed by atoms with Gasteiger partial charge in [-0.15, -0.1) is 34.2 Å². The van der Waals surface area contributed by atoms with Gasteiger partial charge in [0, 0.05) is 38.8 Å². The van der Waals surface area contributed by atoms with E-state index in [-0.39, 0.29) is 29.9 Å². The van der Waals surface area contributed by atoms with Gasteiger partial charge < -0.3 is 15.5 Å². The first-order valence-electron chi connectivity index (χ1n) is 8.78. The SMILES string of the molecule is CCNC(=NCc1nnc2ccccn12)NCCC(=O)N(CC)CC.I. The normalized spacial score (nSPS) is 11.1. The van der Waals surface area contributed by atoms with Gasteiger partial charge in [0.25, 0.3) is 0 Å². The minimum absolute atomic E-state index is 0. The summed E-state index contributed by atoms with van der Waals surface area (Å²) in [5, 5.41) is 14.7. The number of carbonyl (C=O) groups excluding carboxylic acids is 1. The highest BCUT2D eigenvalue weighted by molar-refractivity contribution is 14.0. The van der Waals surface area contributed by atoms with E-state index < -0.39 is 0 Å². The summed E-state index contributed by atoms with van der Waals surface area (Å²) in [5.41, 5.74) is 0.801. The molecule has 0 atom stereocenters. The lowest BCUT2D eigenvalue weighted by atomic mass is 10.3. The first-order valence-corrected chi connectivity index (χ1v) is 8.78. The Balaban J connectivity index is 0.00000338. The number of nitrogens with zero attached hydrogens (tertiary/aromatic N) is 5. The second kappa shape index (κ2) is 11.7. The fraction of sp³-hybridized carbons (Fsp3) is 0.529. The van der Waals surface area contributed by atoms with Gasteiger partial charge >= 0.3 is 0 Å². The minimum atomic E-state index is 0. The summed E-state index contributed by atoms with van der Waals surface area (Å²) in [6, 6.07) is 5.77. The van der Waals surface area contributed by atoms with Crippen molar-refractivity contribution in [3.8, 4) is 0 Å². The van der Waals surface area contributed by atoms with Crippen LogP contribution in [0.3, 0.4) is 0 Å². The third-order valence-electron chi connectivity index (χ3n) is 3.85. The van der Waals surface area contributed by atoms with E-state index in [2.05, 4.69) is 25.8 Å². The van der Waals surface area contributed by atoms with Gasteiger partial charge in [-0.05, 0) is 32.9 Å². The summed E-state index contributed by atoms with van der Waals surface area (Å²) in [7, 11) is 0. The maximum absolute atomic E-state index is 12.0. The smallest absolute Gasteiger partial charge is 0.224 e. The molecule has 9 heteroatoms. The molecule has 26 heavy (non-hydrogen) atoms. The fourth-order valence-corrected chi connectivity index (χ4v) is 2.51. The Hall–Kier alpha value is -1.91. The van der Waals surface area contributed by atoms with E-state index in [9.17, 15) is 4.79 Å². The maximum atomic E-state index is 12.0. The summed E-state index contributed by atoms with van der Waals surface area (Å²) in [5.74, 6) is 1.59. The van der Waals surface area contributed by atoms with Crippen LogP contribution in [-0.2, 0) is 11.3 Å². The molecule has 0 fully saturated rings. The molecule has 0 aliphatic carbocycles. The maximum Gasteiger partial charge on any atom is 0.224 e. The van der Waals surface area contributed by atoms with Crippen LogP contribution in [0.25, 0.3) is 5.65 Å². The second-order valence-corrected chi connectivity index (χ2v) is 5.48. The second-order valence-electron chi connectivity index (χ2n) is 5.48. The van der Waals surface area contributed by atoms with E-state index in [0.29, 0.717) is 25.5 Å². The highest BCUT2D eigenvalue weighted by Gasteiger charge is 2.09. The number of nitrogens with one attached hydrogen (secondary N) is 2. The third kappa shape index (κ3) is 6.11. The van der Waals surface area contributed by atoms with Gasteiger partial charge in [-0.1, -0.05) is 6.07 Å². The van der Waals surface area contributed by atoms with Crippen molar-refractivity contribution >= 4 is 41.5 Å². The number of pyridine rings is 1. The molecule has 2 rings (SSSR count). The summed E-state index contributed by atoms with van der Waals surface area (Å²) in [4.78, 5) is 18.4. The number of aliphatic imine (C=N–C) groups is 1. The molecule has 0 saturated carbocycles. The standard InChI is InChI=1S/C17H27N7O.HI/c1-4-18-17(19-11-10-16(25)23(5-2)6-3)20-13-15-22-21-14-9-7-8-12-24(14)15;/h7-9,12H,4-6,10-11,13H2,1-3H3,(H2,18,19,20);1H. The number of hydrogen-bond donors (Lipinski definition) is 2. The van der Waals surface area contributed by atoms with E-state index in [1.807, 2.05) is 54.5 Å². The van der Waals surface area contributed by atoms with Crippen LogP contribution in [0.5, 0.6) is 0 Å². The van der Waals surface area contributed by atoms with E-state index in [1.54, 1.807) is 0 Å². The van der Waals surface area contributed by atoms with Crippen LogP contribution >= 0.6 is 24.0 Å². The average Bonchev–Trinajstić information content (AvgIpc) is 3.04. The van der Waals surface area contributed by atoms with Gasteiger partial charge in [0.1, 0.15) is 6.54 Å². The first kappa shape index (κ1) is 22.1. The van der Waals surface area contributed by atoms with Gasteiger partial charge in [0.15, 0.2) is 17.4 Å². The van der Waals surface area contributed by atoms with Crippen LogP contribution in [-0.4, -0.2) is 57.5 Å². The van der Waals surface area contributed by atoms with Crippen molar-refractivity contribution in [1.29, 1.82) is 0 Å². The van der Waals surface area contributed by atoms with E-state index in [1.165, 1.54) is 0 Å². The third-order valence-corrected chi connectivity index (χ3v) is 3.85. The molecule has 0 saturated heterocycles. The molecule has 144 valence electrons. The van der Waals surface area contributed by atoms with Crippen molar-refractivity contribution in [3.05, 3.63) is 30.2 Å². The topological polar surface area (TPSA) is 86.9 Å². The predicted molar refractivity (Wildman–Crippen MR) is 114 cm³/mol. The van der Waals surface area contributed by atoms with Crippen LogP contribution in [0.1, 0.15) is 33.0 Å². The molecule has 8 nitrogen and oxygen atoms in total. The van der Waals surface area contributed by atoms with E-state index in [0.717, 1.165) is 31.1 Å². The zero-order valence-electron chi connectivity index (χ0n) is 15.6. The summed E-state index contributed by atoms with van der Waals surface area (Å²) in [6.07, 6.45) is 2.36. The van der Waals surface area contributed by atoms with Crippen molar-refractivity contribution in [2.24, 2.45) is 4.99 Å². The Morgan fingerprint density at radius 3 is 2.65 bits per heavy atom. The molecule has 0 spiro atoms. The molecule has 0 aliphatic heterocycles. The highest BCUT2D eigenvalue weighted by Crippen LogP contribution is 2.03. The molecular weight excluding hydrogens is 445 g/mol. The number of guanidine groups is 1. The zero-order chi connectivity index (χ0) is 18.1. The van der Waals surface area contributed by atoms with Crippen molar-refractivity contribution in [2.75, 3.05) is 26.2 Å². The Kier molecular flexibility index (Phi) is 9.92. The molecular formula is C17H28IN7O. The average molecular weight is 473 g/mol. The van der Waals surface area contributed by atoms with Crippen molar-refractivity contribution in [1.82, 2.24) is 30.1 Å². The molecule has 0 bridgehead atoms. The molecule has 2 N–H and O–H groups in total. The number of rotatable bonds is 8. The molecule has 2 aromatic rings. The first-order chi connectivity index (χ1) is 12.2. The van der Waals surface area contributed by atoms with Crippen molar-refractivity contribution in [2.45, 2.75) is 33.7 Å². The lowest BCUT2D eigenvalue weighted by molar-refractivity contribution is -0.130. The van der Waals surface area contributed by atoms with E-state index >= 15 is 0 Å². The number of aromatic nitrogens is 3. The van der Waals surface area contributed by atoms with Gasteiger partial charge in [0.2, 0.25) is 5.91 Å². The Bertz CT molecular complexity index is 712. The van der Waals surface area contributed by atoms with Crippen LogP contribution in [0.4, 0.5) is 0 Å². The number of fused-ring (bicyclic) bond motifs is 1. The Morgan fingerprint density at radius 2 is 1.96 bits per heavy atom. The summed E-state index contributed by atoms with van der Waals surface area (Å²) >= 11 is 0. The Morgan fingerprint density at radius 1 is 1.19 bits per heavy atom. The highest BCUT2D eigenvalue weighted by atomic mass is 127. The van der Waals surface area contributed by atoms with E-state index in [4.69, 9.17) is 0 Å². The van der Waals surface area contributed by atoms with Gasteiger partial charge in [-0.3, -0.25) is 9.20 Å². The number of halogens is 1. The van der Waals surface area contributed by atoms with Crippen molar-refractivity contribution < 1.29 is 4.79 Å². The zero-order valence-corrected chi connectivity index (χ0v) is 17.9. The van der Waals surface area contributed by atoms with Crippen LogP contribution < -0.4 is 10.6 Å². The fourth-order valence-electron chi connectivity index (χ4n) is 2.51. The van der Waals surface area contributed by atoms with Crippen LogP contribution in [0.15, 0.2) is 29.4 Å². The molecule has 2 aromatic heterocycles. The minimum Gasteiger partial charge on any atom is -0.357 e. The number of carbonyl (C=O) groups is 1. The van der Waals surface area contributed by atoms with Crippen LogP contribution in [0, 0.1) is 0 Å². The lowest BCUT2D eigenvalue weighted by Gasteiger charge is -2.19. The largest absolute Gasteiger partial charge is 0.357 e. The van der Waals surface area contributed by atoms with Gasteiger partial charge in [-0.2, -0.15) is 0 Å². The van der Waals surface area contributed by atoms with Crippen LogP contribution in [0.2, 0.25) is 0 Å². The van der Waals surface area contributed by atoms with Crippen molar-refractivity contribution in [3.63, 3.8) is 0 Å². The lowest BCUT2D eigenvalue weighted by Crippen LogP contribution is -2.40. The quantitative estimate of drug-likeness (QED) is 0.346. The predicted octanol–water partition coefficient (Wildman–Crippen LogP) is 1.66. The number of amides is 1. The molecule has 1 amide bonds. The van der Waals surface area contributed by atoms with Gasteiger partial charge in [0.05, 0.1) is 0 Å². The monoisotopic (exact) mass is 473 g/mol. The molecule has 0 radical (unpaired) electrons. The molecule has 0 aromatic carbocycles.